The number of hydrogen-bond acceptors (Lipinski definition) is 3. The Morgan fingerprint density at radius 2 is 2.29 bits per heavy atom. The lowest BCUT2D eigenvalue weighted by Crippen LogP contribution is -2.34. The molecule has 92 valence electrons. The molecule has 2 N–H and O–H groups in total. The van der Waals surface area contributed by atoms with Gasteiger partial charge in [0.25, 0.3) is 0 Å². The Hall–Kier alpha value is -1.78. The summed E-state index contributed by atoms with van der Waals surface area (Å²) >= 11 is 0. The maximum Gasteiger partial charge on any atom is 0.335 e. The van der Waals surface area contributed by atoms with Crippen LogP contribution in [0.15, 0.2) is 21.7 Å². The topological polar surface area (TPSA) is 66.6 Å². The van der Waals surface area contributed by atoms with E-state index in [1.54, 1.807) is 6.92 Å². The zero-order chi connectivity index (χ0) is 12.3. The Kier molecular flexibility index (Phi) is 3.46. The van der Waals surface area contributed by atoms with E-state index in [9.17, 15) is 4.79 Å². The zero-order valence-corrected chi connectivity index (χ0v) is 10.1. The number of aryl methyl sites for hydroxylation is 1. The van der Waals surface area contributed by atoms with Crippen LogP contribution in [0.4, 0.5) is 4.79 Å². The van der Waals surface area contributed by atoms with Crippen LogP contribution in [0, 0.1) is 12.8 Å². The fourth-order valence-corrected chi connectivity index (χ4v) is 1.42. The molecule has 1 saturated carbocycles. The van der Waals surface area contributed by atoms with Crippen molar-refractivity contribution in [3.8, 4) is 0 Å². The van der Waals surface area contributed by atoms with Crippen molar-refractivity contribution >= 4 is 11.7 Å². The van der Waals surface area contributed by atoms with E-state index in [0.29, 0.717) is 17.4 Å². The standard InChI is InChI=1S/C12H17N3O2/c1-8-3-6-11(17-8)9(2)14-15-12(16)13-7-10-4-5-10/h3,6,10H,4-5,7H2,1-2H3,(H2,13,15,16)/b14-9+. The molecule has 5 nitrogen and oxygen atoms in total. The average molecular weight is 235 g/mol. The zero-order valence-electron chi connectivity index (χ0n) is 10.1. The van der Waals surface area contributed by atoms with Crippen LogP contribution >= 0.6 is 0 Å². The Morgan fingerprint density at radius 1 is 1.53 bits per heavy atom. The molecule has 0 aliphatic heterocycles. The van der Waals surface area contributed by atoms with Crippen molar-refractivity contribution in [2.24, 2.45) is 11.0 Å². The Morgan fingerprint density at radius 3 is 2.88 bits per heavy atom. The van der Waals surface area contributed by atoms with Crippen molar-refractivity contribution in [3.63, 3.8) is 0 Å². The molecule has 0 unspecified atom stereocenters. The summed E-state index contributed by atoms with van der Waals surface area (Å²) in [5.74, 6) is 2.16. The summed E-state index contributed by atoms with van der Waals surface area (Å²) in [4.78, 5) is 11.4. The van der Waals surface area contributed by atoms with Crippen molar-refractivity contribution in [1.82, 2.24) is 10.7 Å². The molecule has 0 bridgehead atoms. The van der Waals surface area contributed by atoms with Gasteiger partial charge in [-0.15, -0.1) is 0 Å². The molecule has 1 aromatic heterocycles. The Labute approximate surface area is 100 Å². The maximum atomic E-state index is 11.4. The lowest BCUT2D eigenvalue weighted by atomic mass is 10.3. The number of carbonyl (C=O) groups excluding carboxylic acids is 1. The molecule has 1 aliphatic carbocycles. The second-order valence-corrected chi connectivity index (χ2v) is 4.37. The van der Waals surface area contributed by atoms with E-state index in [1.807, 2.05) is 19.1 Å². The minimum Gasteiger partial charge on any atom is -0.460 e. The highest BCUT2D eigenvalue weighted by Gasteiger charge is 2.21. The first-order valence-electron chi connectivity index (χ1n) is 5.80. The van der Waals surface area contributed by atoms with Crippen molar-refractivity contribution < 1.29 is 9.21 Å². The SMILES string of the molecule is C/C(=N\NC(=O)NCC1CC1)c1ccc(C)o1. The number of hydrazone groups is 1. The molecule has 0 saturated heterocycles. The third-order valence-electron chi connectivity index (χ3n) is 2.67. The number of amides is 2. The van der Waals surface area contributed by atoms with Crippen LogP contribution in [-0.4, -0.2) is 18.3 Å². The van der Waals surface area contributed by atoms with E-state index in [0.717, 1.165) is 12.3 Å². The molecule has 1 aliphatic rings. The molecule has 0 aromatic carbocycles. The molecule has 1 fully saturated rings. The molecule has 17 heavy (non-hydrogen) atoms. The third-order valence-corrected chi connectivity index (χ3v) is 2.67. The summed E-state index contributed by atoms with van der Waals surface area (Å²) in [6.45, 7) is 4.40. The van der Waals surface area contributed by atoms with E-state index in [2.05, 4.69) is 15.8 Å². The van der Waals surface area contributed by atoms with Crippen LogP contribution in [0.1, 0.15) is 31.3 Å². The summed E-state index contributed by atoms with van der Waals surface area (Å²) in [5.41, 5.74) is 3.10. The van der Waals surface area contributed by atoms with Gasteiger partial charge in [0.1, 0.15) is 17.2 Å². The average Bonchev–Trinajstić information content (AvgIpc) is 3.04. The minimum absolute atomic E-state index is 0.264. The van der Waals surface area contributed by atoms with Crippen LogP contribution in [0.5, 0.6) is 0 Å². The molecule has 1 heterocycles. The van der Waals surface area contributed by atoms with E-state index in [4.69, 9.17) is 4.42 Å². The fourth-order valence-electron chi connectivity index (χ4n) is 1.42. The summed E-state index contributed by atoms with van der Waals surface area (Å²) < 4.78 is 5.38. The summed E-state index contributed by atoms with van der Waals surface area (Å²) in [6.07, 6.45) is 2.43. The monoisotopic (exact) mass is 235 g/mol. The lowest BCUT2D eigenvalue weighted by Gasteiger charge is -2.03. The van der Waals surface area contributed by atoms with Crippen molar-refractivity contribution in [2.45, 2.75) is 26.7 Å². The highest BCUT2D eigenvalue weighted by atomic mass is 16.3. The highest BCUT2D eigenvalue weighted by molar-refractivity contribution is 5.96. The first-order chi connectivity index (χ1) is 8.15. The number of hydrogen-bond donors (Lipinski definition) is 2. The first-order valence-corrected chi connectivity index (χ1v) is 5.80. The molecule has 1 aromatic rings. The van der Waals surface area contributed by atoms with Crippen LogP contribution in [0.3, 0.4) is 0 Å². The van der Waals surface area contributed by atoms with Gasteiger partial charge in [-0.25, -0.2) is 10.2 Å². The minimum atomic E-state index is -0.264. The highest BCUT2D eigenvalue weighted by Crippen LogP contribution is 2.27. The molecular formula is C12H17N3O2. The van der Waals surface area contributed by atoms with Gasteiger partial charge in [0.15, 0.2) is 0 Å². The van der Waals surface area contributed by atoms with Gasteiger partial charge >= 0.3 is 6.03 Å². The molecule has 5 heteroatoms. The summed E-state index contributed by atoms with van der Waals surface area (Å²) in [6, 6.07) is 3.43. The molecule has 2 rings (SSSR count). The van der Waals surface area contributed by atoms with Crippen molar-refractivity contribution in [1.29, 1.82) is 0 Å². The van der Waals surface area contributed by atoms with Gasteiger partial charge in [-0.3, -0.25) is 0 Å². The van der Waals surface area contributed by atoms with Crippen LogP contribution < -0.4 is 10.7 Å². The van der Waals surface area contributed by atoms with E-state index in [1.165, 1.54) is 12.8 Å². The van der Waals surface area contributed by atoms with Crippen LogP contribution in [0.2, 0.25) is 0 Å². The molecular weight excluding hydrogens is 218 g/mol. The van der Waals surface area contributed by atoms with E-state index < -0.39 is 0 Å². The fraction of sp³-hybridized carbons (Fsp3) is 0.500. The van der Waals surface area contributed by atoms with Gasteiger partial charge in [0.05, 0.1) is 0 Å². The molecule has 2 amide bonds. The number of nitrogens with one attached hydrogen (secondary N) is 2. The number of urea groups is 1. The molecule has 0 spiro atoms. The third kappa shape index (κ3) is 3.62. The second kappa shape index (κ2) is 5.03. The van der Waals surface area contributed by atoms with Crippen molar-refractivity contribution in [2.75, 3.05) is 6.54 Å². The van der Waals surface area contributed by atoms with Gasteiger partial charge in [-0.1, -0.05) is 0 Å². The van der Waals surface area contributed by atoms with Crippen molar-refractivity contribution in [3.05, 3.63) is 23.7 Å². The normalized spacial score (nSPS) is 15.8. The van der Waals surface area contributed by atoms with Gasteiger partial charge in [-0.2, -0.15) is 5.10 Å². The summed E-state index contributed by atoms with van der Waals surface area (Å²) in [5, 5.41) is 6.74. The predicted octanol–water partition coefficient (Wildman–Crippen LogP) is 2.02. The summed E-state index contributed by atoms with van der Waals surface area (Å²) in [7, 11) is 0. The number of rotatable bonds is 4. The van der Waals surface area contributed by atoms with Gasteiger partial charge in [0, 0.05) is 6.54 Å². The first kappa shape index (κ1) is 11.7. The Bertz CT molecular complexity index is 433. The molecule has 0 radical (unpaired) electrons. The lowest BCUT2D eigenvalue weighted by molar-refractivity contribution is 0.241. The quantitative estimate of drug-likeness (QED) is 0.619. The number of furan rings is 1. The van der Waals surface area contributed by atoms with Gasteiger partial charge in [-0.05, 0) is 44.7 Å². The van der Waals surface area contributed by atoms with Gasteiger partial charge in [0.2, 0.25) is 0 Å². The largest absolute Gasteiger partial charge is 0.460 e. The van der Waals surface area contributed by atoms with Crippen LogP contribution in [-0.2, 0) is 0 Å². The maximum absolute atomic E-state index is 11.4. The predicted molar refractivity (Wildman–Crippen MR) is 64.9 cm³/mol. The van der Waals surface area contributed by atoms with Crippen LogP contribution in [0.25, 0.3) is 0 Å². The van der Waals surface area contributed by atoms with E-state index >= 15 is 0 Å². The molecule has 0 atom stereocenters. The number of nitrogens with zero attached hydrogens (tertiary/aromatic N) is 1. The smallest absolute Gasteiger partial charge is 0.335 e. The Balaban J connectivity index is 1.80. The second-order valence-electron chi connectivity index (χ2n) is 4.37. The van der Waals surface area contributed by atoms with E-state index in [-0.39, 0.29) is 6.03 Å². The van der Waals surface area contributed by atoms with Gasteiger partial charge < -0.3 is 9.73 Å². The number of carbonyl (C=O) groups is 1.